The van der Waals surface area contributed by atoms with Crippen molar-refractivity contribution in [2.75, 3.05) is 19.0 Å². The minimum absolute atomic E-state index is 0.212. The van der Waals surface area contributed by atoms with Gasteiger partial charge in [-0.2, -0.15) is 0 Å². The number of rotatable bonds is 2. The van der Waals surface area contributed by atoms with Gasteiger partial charge in [-0.25, -0.2) is 0 Å². The molecule has 1 saturated heterocycles. The molecule has 1 unspecified atom stereocenters. The maximum atomic E-state index is 11.2. The first kappa shape index (κ1) is 8.85. The van der Waals surface area contributed by atoms with Gasteiger partial charge in [0, 0.05) is 25.4 Å². The molecule has 0 saturated carbocycles. The van der Waals surface area contributed by atoms with Crippen LogP contribution in [0.1, 0.15) is 19.8 Å². The van der Waals surface area contributed by atoms with Gasteiger partial charge in [0.1, 0.15) is 0 Å². The van der Waals surface area contributed by atoms with E-state index in [9.17, 15) is 4.79 Å². The fraction of sp³-hybridized carbons (Fsp3) is 0.875. The smallest absolute Gasteiger partial charge is 0.223 e. The number of carbonyl (C=O) groups excluding carboxylic acids is 1. The summed E-state index contributed by atoms with van der Waals surface area (Å²) >= 11 is 5.46. The molecule has 0 aromatic heterocycles. The summed E-state index contributed by atoms with van der Waals surface area (Å²) in [4.78, 5) is 13.1. The monoisotopic (exact) mass is 175 g/mol. The summed E-state index contributed by atoms with van der Waals surface area (Å²) in [5.41, 5.74) is 0. The van der Waals surface area contributed by atoms with Crippen LogP contribution in [0.2, 0.25) is 0 Å². The summed E-state index contributed by atoms with van der Waals surface area (Å²) in [5.74, 6) is 1.34. The number of amides is 1. The van der Waals surface area contributed by atoms with Gasteiger partial charge in [-0.15, -0.1) is 11.6 Å². The van der Waals surface area contributed by atoms with Crippen molar-refractivity contribution in [1.29, 1.82) is 0 Å². The van der Waals surface area contributed by atoms with Crippen molar-refractivity contribution >= 4 is 17.5 Å². The fourth-order valence-corrected chi connectivity index (χ4v) is 1.56. The number of hydrogen-bond donors (Lipinski definition) is 0. The summed E-state index contributed by atoms with van der Waals surface area (Å²) in [6, 6.07) is 0. The number of alkyl halides is 1. The lowest BCUT2D eigenvalue weighted by atomic mass is 10.2. The molecule has 0 bridgehead atoms. The van der Waals surface area contributed by atoms with E-state index in [1.165, 1.54) is 0 Å². The average Bonchev–Trinajstić information content (AvgIpc) is 2.36. The third-order valence-corrected chi connectivity index (χ3v) is 2.27. The van der Waals surface area contributed by atoms with Gasteiger partial charge in [-0.1, -0.05) is 6.92 Å². The number of carbonyl (C=O) groups is 1. The fourth-order valence-electron chi connectivity index (χ4n) is 1.40. The van der Waals surface area contributed by atoms with Crippen molar-refractivity contribution in [2.45, 2.75) is 19.8 Å². The van der Waals surface area contributed by atoms with Gasteiger partial charge in [0.15, 0.2) is 0 Å². The van der Waals surface area contributed by atoms with Gasteiger partial charge in [-0.05, 0) is 12.3 Å². The molecule has 1 heterocycles. The molecule has 0 aromatic rings. The number of halogens is 1. The predicted molar refractivity (Wildman–Crippen MR) is 45.7 cm³/mol. The Morgan fingerprint density at radius 2 is 2.45 bits per heavy atom. The van der Waals surface area contributed by atoms with Crippen LogP contribution in [-0.2, 0) is 4.79 Å². The SMILES string of the molecule is CC1CCN(C(=O)CCCl)C1. The molecule has 0 spiro atoms. The third kappa shape index (κ3) is 2.37. The van der Waals surface area contributed by atoms with Crippen LogP contribution in [0.3, 0.4) is 0 Å². The van der Waals surface area contributed by atoms with E-state index >= 15 is 0 Å². The molecule has 1 aliphatic heterocycles. The highest BCUT2D eigenvalue weighted by molar-refractivity contribution is 6.18. The van der Waals surface area contributed by atoms with E-state index in [0.29, 0.717) is 18.2 Å². The minimum atomic E-state index is 0.212. The highest BCUT2D eigenvalue weighted by Gasteiger charge is 2.21. The first-order valence-electron chi connectivity index (χ1n) is 4.07. The second-order valence-electron chi connectivity index (χ2n) is 3.17. The summed E-state index contributed by atoms with van der Waals surface area (Å²) in [6.45, 7) is 4.03. The Labute approximate surface area is 72.5 Å². The van der Waals surface area contributed by atoms with E-state index in [1.807, 2.05) is 4.90 Å². The zero-order valence-corrected chi connectivity index (χ0v) is 7.60. The maximum absolute atomic E-state index is 11.2. The van der Waals surface area contributed by atoms with E-state index in [0.717, 1.165) is 19.5 Å². The van der Waals surface area contributed by atoms with Gasteiger partial charge in [0.2, 0.25) is 5.91 Å². The Morgan fingerprint density at radius 1 is 1.73 bits per heavy atom. The van der Waals surface area contributed by atoms with E-state index in [2.05, 4.69) is 6.92 Å². The molecule has 0 radical (unpaired) electrons. The standard InChI is InChI=1S/C8H14ClNO/c1-7-3-5-10(6-7)8(11)2-4-9/h7H,2-6H2,1H3. The Balaban J connectivity index is 2.31. The van der Waals surface area contributed by atoms with Crippen LogP contribution in [0.5, 0.6) is 0 Å². The van der Waals surface area contributed by atoms with Crippen LogP contribution >= 0.6 is 11.6 Å². The lowest BCUT2D eigenvalue weighted by molar-refractivity contribution is -0.129. The van der Waals surface area contributed by atoms with Crippen LogP contribution < -0.4 is 0 Å². The molecule has 3 heteroatoms. The summed E-state index contributed by atoms with van der Waals surface area (Å²) in [7, 11) is 0. The van der Waals surface area contributed by atoms with Crippen molar-refractivity contribution in [2.24, 2.45) is 5.92 Å². The molecule has 0 aliphatic carbocycles. The molecule has 1 amide bonds. The van der Waals surface area contributed by atoms with Crippen molar-refractivity contribution in [3.63, 3.8) is 0 Å². The summed E-state index contributed by atoms with van der Waals surface area (Å²) < 4.78 is 0. The van der Waals surface area contributed by atoms with Gasteiger partial charge >= 0.3 is 0 Å². The van der Waals surface area contributed by atoms with Gasteiger partial charge in [-0.3, -0.25) is 4.79 Å². The topological polar surface area (TPSA) is 20.3 Å². The molecule has 64 valence electrons. The largest absolute Gasteiger partial charge is 0.342 e. The normalized spacial score (nSPS) is 24.2. The Bertz CT molecular complexity index is 149. The highest BCUT2D eigenvalue weighted by atomic mass is 35.5. The van der Waals surface area contributed by atoms with E-state index in [4.69, 9.17) is 11.6 Å². The average molecular weight is 176 g/mol. The highest BCUT2D eigenvalue weighted by Crippen LogP contribution is 2.15. The molecule has 1 aliphatic rings. The van der Waals surface area contributed by atoms with Crippen LogP contribution in [0.15, 0.2) is 0 Å². The van der Waals surface area contributed by atoms with E-state index < -0.39 is 0 Å². The van der Waals surface area contributed by atoms with Gasteiger partial charge < -0.3 is 4.90 Å². The van der Waals surface area contributed by atoms with Crippen molar-refractivity contribution < 1.29 is 4.79 Å². The van der Waals surface area contributed by atoms with Gasteiger partial charge in [0.25, 0.3) is 0 Å². The predicted octanol–water partition coefficient (Wildman–Crippen LogP) is 1.48. The number of nitrogens with zero attached hydrogens (tertiary/aromatic N) is 1. The maximum Gasteiger partial charge on any atom is 0.223 e. The number of hydrogen-bond acceptors (Lipinski definition) is 1. The molecule has 1 atom stereocenters. The zero-order chi connectivity index (χ0) is 8.27. The number of likely N-dealkylation sites (tertiary alicyclic amines) is 1. The minimum Gasteiger partial charge on any atom is -0.342 e. The van der Waals surface area contributed by atoms with Crippen molar-refractivity contribution in [1.82, 2.24) is 4.90 Å². The summed E-state index contributed by atoms with van der Waals surface area (Å²) in [5, 5.41) is 0. The first-order valence-corrected chi connectivity index (χ1v) is 4.61. The zero-order valence-electron chi connectivity index (χ0n) is 6.85. The van der Waals surface area contributed by atoms with Crippen LogP contribution in [0.4, 0.5) is 0 Å². The van der Waals surface area contributed by atoms with E-state index in [-0.39, 0.29) is 5.91 Å². The lowest BCUT2D eigenvalue weighted by Gasteiger charge is -2.14. The van der Waals surface area contributed by atoms with Crippen molar-refractivity contribution in [3.05, 3.63) is 0 Å². The Kier molecular flexibility index (Phi) is 3.18. The second-order valence-corrected chi connectivity index (χ2v) is 3.55. The Morgan fingerprint density at radius 3 is 2.91 bits per heavy atom. The molecule has 1 fully saturated rings. The molecular weight excluding hydrogens is 162 g/mol. The third-order valence-electron chi connectivity index (χ3n) is 2.08. The summed E-state index contributed by atoms with van der Waals surface area (Å²) in [6.07, 6.45) is 1.64. The van der Waals surface area contributed by atoms with Crippen LogP contribution in [0.25, 0.3) is 0 Å². The molecule has 2 nitrogen and oxygen atoms in total. The first-order chi connectivity index (χ1) is 5.24. The molecule has 0 N–H and O–H groups in total. The molecule has 0 aromatic carbocycles. The quantitative estimate of drug-likeness (QED) is 0.583. The Hall–Kier alpha value is -0.240. The molecule has 11 heavy (non-hydrogen) atoms. The van der Waals surface area contributed by atoms with E-state index in [1.54, 1.807) is 0 Å². The van der Waals surface area contributed by atoms with Crippen LogP contribution in [0, 0.1) is 5.92 Å². The van der Waals surface area contributed by atoms with Crippen molar-refractivity contribution in [3.8, 4) is 0 Å². The van der Waals surface area contributed by atoms with Gasteiger partial charge in [0.05, 0.1) is 0 Å². The lowest BCUT2D eigenvalue weighted by Crippen LogP contribution is -2.28. The van der Waals surface area contributed by atoms with Crippen LogP contribution in [-0.4, -0.2) is 29.8 Å². The molecule has 1 rings (SSSR count). The second kappa shape index (κ2) is 3.96. The molecular formula is C8H14ClNO.